The number of benzene rings is 2. The van der Waals surface area contributed by atoms with Crippen molar-refractivity contribution in [3.63, 3.8) is 0 Å². The van der Waals surface area contributed by atoms with Crippen molar-refractivity contribution >= 4 is 11.6 Å². The van der Waals surface area contributed by atoms with E-state index in [1.54, 1.807) is 37.3 Å². The third-order valence-electron chi connectivity index (χ3n) is 4.19. The lowest BCUT2D eigenvalue weighted by Crippen LogP contribution is -2.14. The molecule has 138 valence electrons. The summed E-state index contributed by atoms with van der Waals surface area (Å²) in [6, 6.07) is 11.0. The number of hydrogen-bond donors (Lipinski definition) is 1. The zero-order chi connectivity index (χ0) is 18.8. The summed E-state index contributed by atoms with van der Waals surface area (Å²) >= 11 is 0. The largest absolute Gasteiger partial charge is 0.490 e. The standard InChI is InChI=1S/C19H17FN4O3/c1-12-18(22-23-24(12)15-6-3-13(20)4-7-15)19(25)21-14-5-8-16-17(11-14)27-10-2-9-26-16/h3-8,11H,2,9-10H2,1H3,(H,21,25). The molecule has 1 aliphatic heterocycles. The fraction of sp³-hybridized carbons (Fsp3) is 0.211. The van der Waals surface area contributed by atoms with E-state index in [0.717, 1.165) is 6.42 Å². The highest BCUT2D eigenvalue weighted by atomic mass is 19.1. The number of anilines is 1. The molecule has 0 radical (unpaired) electrons. The van der Waals surface area contributed by atoms with Gasteiger partial charge in [0.25, 0.3) is 5.91 Å². The maximum atomic E-state index is 13.1. The van der Waals surface area contributed by atoms with E-state index >= 15 is 0 Å². The van der Waals surface area contributed by atoms with E-state index in [-0.39, 0.29) is 11.5 Å². The molecule has 1 aliphatic rings. The highest BCUT2D eigenvalue weighted by Crippen LogP contribution is 2.32. The van der Waals surface area contributed by atoms with E-state index in [2.05, 4.69) is 15.6 Å². The monoisotopic (exact) mass is 368 g/mol. The molecule has 7 nitrogen and oxygen atoms in total. The minimum Gasteiger partial charge on any atom is -0.490 e. The minimum absolute atomic E-state index is 0.187. The Balaban J connectivity index is 1.55. The van der Waals surface area contributed by atoms with Gasteiger partial charge < -0.3 is 14.8 Å². The first-order valence-corrected chi connectivity index (χ1v) is 8.51. The fourth-order valence-corrected chi connectivity index (χ4v) is 2.80. The van der Waals surface area contributed by atoms with Crippen LogP contribution in [0.1, 0.15) is 22.6 Å². The number of hydrogen-bond acceptors (Lipinski definition) is 5. The number of nitrogens with zero attached hydrogens (tertiary/aromatic N) is 3. The molecule has 4 rings (SSSR count). The number of carbonyl (C=O) groups excluding carboxylic acids is 1. The van der Waals surface area contributed by atoms with Crippen LogP contribution in [0.3, 0.4) is 0 Å². The zero-order valence-corrected chi connectivity index (χ0v) is 14.6. The van der Waals surface area contributed by atoms with Crippen molar-refractivity contribution in [1.29, 1.82) is 0 Å². The summed E-state index contributed by atoms with van der Waals surface area (Å²) in [6.45, 7) is 2.89. The summed E-state index contributed by atoms with van der Waals surface area (Å²) in [5.74, 6) is 0.514. The number of nitrogens with one attached hydrogen (secondary N) is 1. The Morgan fingerprint density at radius 3 is 2.63 bits per heavy atom. The predicted octanol–water partition coefficient (Wildman–Crippen LogP) is 3.13. The zero-order valence-electron chi connectivity index (χ0n) is 14.6. The molecule has 0 saturated carbocycles. The molecule has 0 saturated heterocycles. The molecule has 0 aliphatic carbocycles. The van der Waals surface area contributed by atoms with Gasteiger partial charge in [0.05, 0.1) is 24.6 Å². The SMILES string of the molecule is Cc1c(C(=O)Nc2ccc3c(c2)OCCCO3)nnn1-c1ccc(F)cc1. The number of rotatable bonds is 3. The van der Waals surface area contributed by atoms with Crippen molar-refractivity contribution in [2.75, 3.05) is 18.5 Å². The van der Waals surface area contributed by atoms with Crippen LogP contribution in [0.2, 0.25) is 0 Å². The van der Waals surface area contributed by atoms with Gasteiger partial charge in [0.1, 0.15) is 5.82 Å². The van der Waals surface area contributed by atoms with Gasteiger partial charge in [-0.3, -0.25) is 4.79 Å². The van der Waals surface area contributed by atoms with Crippen molar-refractivity contribution in [3.8, 4) is 17.2 Å². The van der Waals surface area contributed by atoms with Gasteiger partial charge in [0, 0.05) is 18.2 Å². The topological polar surface area (TPSA) is 78.3 Å². The minimum atomic E-state index is -0.393. The molecule has 3 aromatic rings. The van der Waals surface area contributed by atoms with Gasteiger partial charge in [0.15, 0.2) is 17.2 Å². The van der Waals surface area contributed by atoms with E-state index in [1.807, 2.05) is 0 Å². The lowest BCUT2D eigenvalue weighted by atomic mass is 10.2. The van der Waals surface area contributed by atoms with E-state index in [0.29, 0.717) is 41.8 Å². The molecule has 2 aromatic carbocycles. The molecule has 2 heterocycles. The van der Waals surface area contributed by atoms with Gasteiger partial charge >= 0.3 is 0 Å². The summed E-state index contributed by atoms with van der Waals surface area (Å²) in [5, 5.41) is 10.8. The van der Waals surface area contributed by atoms with Crippen molar-refractivity contribution in [1.82, 2.24) is 15.0 Å². The third kappa shape index (κ3) is 3.46. The molecule has 0 spiro atoms. The van der Waals surface area contributed by atoms with Crippen LogP contribution >= 0.6 is 0 Å². The Kier molecular flexibility index (Phi) is 4.45. The fourth-order valence-electron chi connectivity index (χ4n) is 2.80. The highest BCUT2D eigenvalue weighted by molar-refractivity contribution is 6.03. The molecule has 0 fully saturated rings. The van der Waals surface area contributed by atoms with Crippen LogP contribution in [0, 0.1) is 12.7 Å². The molecule has 0 atom stereocenters. The van der Waals surface area contributed by atoms with Gasteiger partial charge in [-0.25, -0.2) is 9.07 Å². The number of carbonyl (C=O) groups is 1. The van der Waals surface area contributed by atoms with Gasteiger partial charge in [0.2, 0.25) is 0 Å². The molecular formula is C19H17FN4O3. The molecule has 0 bridgehead atoms. The van der Waals surface area contributed by atoms with E-state index in [1.165, 1.54) is 16.8 Å². The smallest absolute Gasteiger partial charge is 0.278 e. The third-order valence-corrected chi connectivity index (χ3v) is 4.19. The van der Waals surface area contributed by atoms with Crippen molar-refractivity contribution in [3.05, 3.63) is 59.7 Å². The first kappa shape index (κ1) is 17.0. The highest BCUT2D eigenvalue weighted by Gasteiger charge is 2.19. The maximum Gasteiger partial charge on any atom is 0.278 e. The number of aromatic nitrogens is 3. The Morgan fingerprint density at radius 2 is 1.85 bits per heavy atom. The average Bonchev–Trinajstić information content (AvgIpc) is 2.90. The number of halogens is 1. The first-order valence-electron chi connectivity index (χ1n) is 8.51. The number of fused-ring (bicyclic) bond motifs is 1. The van der Waals surface area contributed by atoms with Crippen LogP contribution in [0.4, 0.5) is 10.1 Å². The van der Waals surface area contributed by atoms with E-state index < -0.39 is 5.91 Å². The lowest BCUT2D eigenvalue weighted by molar-refractivity contribution is 0.102. The van der Waals surface area contributed by atoms with Crippen LogP contribution in [-0.4, -0.2) is 34.1 Å². The molecule has 27 heavy (non-hydrogen) atoms. The predicted molar refractivity (Wildman–Crippen MR) is 96.1 cm³/mol. The van der Waals surface area contributed by atoms with Crippen molar-refractivity contribution in [2.24, 2.45) is 0 Å². The number of amides is 1. The average molecular weight is 368 g/mol. The Morgan fingerprint density at radius 1 is 1.11 bits per heavy atom. The summed E-state index contributed by atoms with van der Waals surface area (Å²) in [7, 11) is 0. The van der Waals surface area contributed by atoms with Gasteiger partial charge in [-0.05, 0) is 43.3 Å². The Labute approximate surface area is 154 Å². The Hall–Kier alpha value is -3.42. The normalized spacial score (nSPS) is 13.1. The first-order chi connectivity index (χ1) is 13.1. The molecule has 8 heteroatoms. The van der Waals surface area contributed by atoms with Crippen LogP contribution in [0.25, 0.3) is 5.69 Å². The molecule has 0 unspecified atom stereocenters. The van der Waals surface area contributed by atoms with E-state index in [4.69, 9.17) is 9.47 Å². The van der Waals surface area contributed by atoms with Crippen molar-refractivity contribution in [2.45, 2.75) is 13.3 Å². The quantitative estimate of drug-likeness (QED) is 0.768. The summed E-state index contributed by atoms with van der Waals surface area (Å²) in [6.07, 6.45) is 0.808. The van der Waals surface area contributed by atoms with Crippen molar-refractivity contribution < 1.29 is 18.7 Å². The second kappa shape index (κ2) is 7.06. The van der Waals surface area contributed by atoms with Gasteiger partial charge in [-0.1, -0.05) is 5.21 Å². The molecular weight excluding hydrogens is 351 g/mol. The Bertz CT molecular complexity index is 985. The second-order valence-corrected chi connectivity index (χ2v) is 6.08. The van der Waals surface area contributed by atoms with Crippen LogP contribution in [-0.2, 0) is 0 Å². The van der Waals surface area contributed by atoms with Gasteiger partial charge in [-0.2, -0.15) is 0 Å². The lowest BCUT2D eigenvalue weighted by Gasteiger charge is -2.10. The van der Waals surface area contributed by atoms with Crippen LogP contribution in [0.5, 0.6) is 11.5 Å². The number of ether oxygens (including phenoxy) is 2. The van der Waals surface area contributed by atoms with E-state index in [9.17, 15) is 9.18 Å². The summed E-state index contributed by atoms with van der Waals surface area (Å²) in [4.78, 5) is 12.6. The summed E-state index contributed by atoms with van der Waals surface area (Å²) < 4.78 is 25.8. The van der Waals surface area contributed by atoms with Gasteiger partial charge in [-0.15, -0.1) is 5.10 Å². The molecule has 1 aromatic heterocycles. The molecule has 1 N–H and O–H groups in total. The van der Waals surface area contributed by atoms with Crippen LogP contribution < -0.4 is 14.8 Å². The maximum absolute atomic E-state index is 13.1. The second-order valence-electron chi connectivity index (χ2n) is 6.08. The molecule has 1 amide bonds. The summed E-state index contributed by atoms with van der Waals surface area (Å²) in [5.41, 5.74) is 1.93. The van der Waals surface area contributed by atoms with Crippen LogP contribution in [0.15, 0.2) is 42.5 Å².